The van der Waals surface area contributed by atoms with Crippen LogP contribution in [-0.4, -0.2) is 59.0 Å². The molecule has 0 rings (SSSR count). The molecule has 9 nitrogen and oxygen atoms in total. The molecule has 0 bridgehead atoms. The van der Waals surface area contributed by atoms with Gasteiger partial charge in [-0.1, -0.05) is 244 Å². The minimum Gasteiger partial charge on any atom is -0.393 e. The molecule has 0 radical (unpaired) electrons. The summed E-state index contributed by atoms with van der Waals surface area (Å²) in [5.41, 5.74) is 5.38. The Morgan fingerprint density at radius 3 is 1.31 bits per heavy atom. The largest absolute Gasteiger partial charge is 0.472 e. The molecule has 4 atom stereocenters. The van der Waals surface area contributed by atoms with Crippen LogP contribution >= 0.6 is 7.82 Å². The van der Waals surface area contributed by atoms with Crippen molar-refractivity contribution in [3.63, 3.8) is 0 Å². The first-order valence-electron chi connectivity index (χ1n) is 25.4. The highest BCUT2D eigenvalue weighted by Crippen LogP contribution is 2.43. The van der Waals surface area contributed by atoms with Crippen LogP contribution in [0.3, 0.4) is 0 Å². The molecule has 1 amide bonds. The van der Waals surface area contributed by atoms with Crippen LogP contribution < -0.4 is 11.1 Å². The molecule has 0 aromatic carbocycles. The molecule has 0 aromatic rings. The number of phosphoric ester groups is 1. The number of amides is 1. The first-order chi connectivity index (χ1) is 28.8. The van der Waals surface area contributed by atoms with E-state index in [4.69, 9.17) is 14.8 Å². The Balaban J connectivity index is 4.19. The molecule has 0 saturated carbocycles. The second kappa shape index (κ2) is 45.2. The van der Waals surface area contributed by atoms with Gasteiger partial charge >= 0.3 is 7.82 Å². The minimum atomic E-state index is -4.40. The number of aliphatic hydroxyl groups is 2. The molecule has 0 saturated heterocycles. The van der Waals surface area contributed by atoms with Crippen molar-refractivity contribution in [2.45, 2.75) is 276 Å². The van der Waals surface area contributed by atoms with E-state index in [9.17, 15) is 24.5 Å². The highest BCUT2D eigenvalue weighted by molar-refractivity contribution is 7.47. The topological polar surface area (TPSA) is 151 Å². The van der Waals surface area contributed by atoms with Gasteiger partial charge in [0.2, 0.25) is 5.91 Å². The third-order valence-corrected chi connectivity index (χ3v) is 12.7. The number of unbranched alkanes of at least 4 members (excludes halogenated alkanes) is 34. The molecule has 0 aliphatic heterocycles. The van der Waals surface area contributed by atoms with Gasteiger partial charge in [-0.15, -0.1) is 0 Å². The van der Waals surface area contributed by atoms with E-state index in [-0.39, 0.29) is 19.6 Å². The zero-order valence-electron chi connectivity index (χ0n) is 38.9. The number of phosphoric acid groups is 1. The molecule has 6 N–H and O–H groups in total. The van der Waals surface area contributed by atoms with Gasteiger partial charge < -0.3 is 26.2 Å². The third-order valence-electron chi connectivity index (χ3n) is 11.7. The zero-order valence-corrected chi connectivity index (χ0v) is 39.8. The second-order valence-corrected chi connectivity index (χ2v) is 19.0. The van der Waals surface area contributed by atoms with Gasteiger partial charge in [-0.3, -0.25) is 13.8 Å². The lowest BCUT2D eigenvalue weighted by Crippen LogP contribution is -2.46. The highest BCUT2D eigenvalue weighted by Gasteiger charge is 2.27. The quantitative estimate of drug-likeness (QED) is 0.0230. The van der Waals surface area contributed by atoms with Gasteiger partial charge in [0.25, 0.3) is 0 Å². The fraction of sp³-hybridized carbons (Fsp3) is 0.939. The number of hydrogen-bond acceptors (Lipinski definition) is 7. The van der Waals surface area contributed by atoms with Gasteiger partial charge in [-0.25, -0.2) is 4.57 Å². The van der Waals surface area contributed by atoms with Crippen LogP contribution in [0.5, 0.6) is 0 Å². The maximum atomic E-state index is 12.9. The molecule has 0 fully saturated rings. The Morgan fingerprint density at radius 2 is 0.932 bits per heavy atom. The average Bonchev–Trinajstić information content (AvgIpc) is 3.21. The van der Waals surface area contributed by atoms with Crippen LogP contribution in [0.4, 0.5) is 0 Å². The zero-order chi connectivity index (χ0) is 43.3. The molecule has 352 valence electrons. The Bertz CT molecular complexity index is 955. The van der Waals surface area contributed by atoms with Crippen LogP contribution in [0, 0.1) is 0 Å². The van der Waals surface area contributed by atoms with E-state index >= 15 is 0 Å². The van der Waals surface area contributed by atoms with Gasteiger partial charge in [-0.05, 0) is 19.3 Å². The van der Waals surface area contributed by atoms with E-state index in [2.05, 4.69) is 19.2 Å². The summed E-state index contributed by atoms with van der Waals surface area (Å²) in [6, 6.07) is -0.978. The molecule has 4 unspecified atom stereocenters. The summed E-state index contributed by atoms with van der Waals surface area (Å²) in [6.07, 6.45) is 48.7. The van der Waals surface area contributed by atoms with Crippen molar-refractivity contribution < 1.29 is 33.5 Å². The smallest absolute Gasteiger partial charge is 0.393 e. The number of aliphatic hydroxyl groups excluding tert-OH is 2. The number of rotatable bonds is 48. The van der Waals surface area contributed by atoms with Crippen molar-refractivity contribution in [1.82, 2.24) is 5.32 Å². The fourth-order valence-corrected chi connectivity index (χ4v) is 8.59. The van der Waals surface area contributed by atoms with Crippen LogP contribution in [-0.2, 0) is 18.4 Å². The predicted molar refractivity (Wildman–Crippen MR) is 251 cm³/mol. The molecule has 0 spiro atoms. The molecule has 10 heteroatoms. The molecule has 0 aliphatic rings. The van der Waals surface area contributed by atoms with E-state index in [1.165, 1.54) is 193 Å². The number of nitrogens with two attached hydrogens (primary N) is 1. The maximum Gasteiger partial charge on any atom is 0.472 e. The van der Waals surface area contributed by atoms with Crippen molar-refractivity contribution in [3.05, 3.63) is 12.2 Å². The van der Waals surface area contributed by atoms with E-state index in [1.54, 1.807) is 6.08 Å². The summed E-state index contributed by atoms with van der Waals surface area (Å²) in [4.78, 5) is 22.8. The first kappa shape index (κ1) is 58.2. The molecule has 0 aliphatic carbocycles. The fourth-order valence-electron chi connectivity index (χ4n) is 7.83. The predicted octanol–water partition coefficient (Wildman–Crippen LogP) is 13.7. The van der Waals surface area contributed by atoms with E-state index in [0.29, 0.717) is 6.42 Å². The van der Waals surface area contributed by atoms with Gasteiger partial charge in [0, 0.05) is 6.54 Å². The van der Waals surface area contributed by atoms with Gasteiger partial charge in [0.1, 0.15) is 0 Å². The van der Waals surface area contributed by atoms with Crippen molar-refractivity contribution >= 4 is 13.7 Å². The summed E-state index contributed by atoms with van der Waals surface area (Å²) in [5, 5.41) is 24.2. The highest BCUT2D eigenvalue weighted by atomic mass is 31.2. The van der Waals surface area contributed by atoms with Crippen LogP contribution in [0.25, 0.3) is 0 Å². The summed E-state index contributed by atoms with van der Waals surface area (Å²) < 4.78 is 22.2. The van der Waals surface area contributed by atoms with Crippen molar-refractivity contribution in [2.75, 3.05) is 19.8 Å². The van der Waals surface area contributed by atoms with Crippen molar-refractivity contribution in [1.29, 1.82) is 0 Å². The lowest BCUT2D eigenvalue weighted by molar-refractivity contribution is -0.124. The standard InChI is InChI=1S/C49H99N2O7P/c1-3-5-7-9-11-13-15-17-19-21-22-23-25-27-29-31-33-35-37-39-41-48(53)47(45-58-59(55,56)57-43-42-50)51-49(54)44-46(52)40-38-36-34-32-30-28-26-24-20-18-16-14-12-10-8-6-4-2/h39,41,46-48,52-53H,3-38,40,42-45,50H2,1-2H3,(H,51,54)(H,55,56)/b41-39+. The summed E-state index contributed by atoms with van der Waals surface area (Å²) in [5.74, 6) is -0.440. The number of hydrogen-bond donors (Lipinski definition) is 5. The number of nitrogens with one attached hydrogen (secondary N) is 1. The Labute approximate surface area is 365 Å². The summed E-state index contributed by atoms with van der Waals surface area (Å²) in [7, 11) is -4.40. The maximum absolute atomic E-state index is 12.9. The summed E-state index contributed by atoms with van der Waals surface area (Å²) in [6.45, 7) is 4.02. The lowest BCUT2D eigenvalue weighted by Gasteiger charge is -2.24. The number of carbonyl (C=O) groups excluding carboxylic acids is 1. The lowest BCUT2D eigenvalue weighted by atomic mass is 10.0. The second-order valence-electron chi connectivity index (χ2n) is 17.6. The van der Waals surface area contributed by atoms with Gasteiger partial charge in [0.05, 0.1) is 37.9 Å². The van der Waals surface area contributed by atoms with Crippen LogP contribution in [0.2, 0.25) is 0 Å². The monoisotopic (exact) mass is 859 g/mol. The Morgan fingerprint density at radius 1 is 0.576 bits per heavy atom. The normalized spacial score (nSPS) is 14.5. The van der Waals surface area contributed by atoms with Crippen LogP contribution in [0.15, 0.2) is 12.2 Å². The molecule has 59 heavy (non-hydrogen) atoms. The first-order valence-corrected chi connectivity index (χ1v) is 26.9. The average molecular weight is 859 g/mol. The minimum absolute atomic E-state index is 0.0518. The van der Waals surface area contributed by atoms with Gasteiger partial charge in [0.15, 0.2) is 0 Å². The number of allylic oxidation sites excluding steroid dienone is 1. The number of carbonyl (C=O) groups is 1. The SMILES string of the molecule is CCCCCCCCCCCCCCCCCCCC/C=C/C(O)C(COP(=O)(O)OCCN)NC(=O)CC(O)CCCCCCCCCCCCCCCCCCC. The molecular weight excluding hydrogens is 760 g/mol. The molecular formula is C49H99N2O7P. The van der Waals surface area contributed by atoms with Crippen molar-refractivity contribution in [2.24, 2.45) is 5.73 Å². The molecule has 0 aromatic heterocycles. The molecule has 0 heterocycles. The third kappa shape index (κ3) is 43.6. The Hall–Kier alpha value is -0.800. The summed E-state index contributed by atoms with van der Waals surface area (Å²) >= 11 is 0. The Kier molecular flexibility index (Phi) is 44.6. The van der Waals surface area contributed by atoms with Crippen molar-refractivity contribution in [3.8, 4) is 0 Å². The van der Waals surface area contributed by atoms with E-state index in [1.807, 2.05) is 6.08 Å². The van der Waals surface area contributed by atoms with E-state index in [0.717, 1.165) is 38.5 Å². The van der Waals surface area contributed by atoms with Gasteiger partial charge in [-0.2, -0.15) is 0 Å². The van der Waals surface area contributed by atoms with Crippen LogP contribution in [0.1, 0.15) is 258 Å². The van der Waals surface area contributed by atoms with E-state index < -0.39 is 38.6 Å².